The monoisotopic (exact) mass is 527 g/mol. The van der Waals surface area contributed by atoms with Gasteiger partial charge in [0, 0.05) is 32.0 Å². The number of imidazole rings is 1. The quantitative estimate of drug-likeness (QED) is 0.582. The lowest BCUT2D eigenvalue weighted by Crippen LogP contribution is -2.38. The lowest BCUT2D eigenvalue weighted by molar-refractivity contribution is -0.193. The number of carbonyl (C=O) groups is 2. The van der Waals surface area contributed by atoms with Crippen LogP contribution in [0, 0.1) is 5.92 Å². The van der Waals surface area contributed by atoms with Crippen LogP contribution in [0.3, 0.4) is 0 Å². The zero-order valence-corrected chi connectivity index (χ0v) is 19.2. The number of carboxylic acids is 2. The van der Waals surface area contributed by atoms with Crippen LogP contribution in [-0.4, -0.2) is 71.8 Å². The summed E-state index contributed by atoms with van der Waals surface area (Å²) >= 11 is 0. The predicted octanol–water partition coefficient (Wildman–Crippen LogP) is 3.79. The molecule has 0 bridgehead atoms. The standard InChI is InChI=1S/C17H25N5.2C2HF3O2/c1-2-5-15(6-3-1)12-20-9-10-22-16(11-18-17(22)14-20)13-21-8-4-7-19-21;2*3-2(4,5)1(6)7/h4,7-8,11,15H,1-3,5-6,9-10,12-14H2;2*(H,6,7). The van der Waals surface area contributed by atoms with Gasteiger partial charge in [0.05, 0.1) is 25.0 Å². The molecule has 0 aromatic carbocycles. The van der Waals surface area contributed by atoms with Crippen molar-refractivity contribution >= 4 is 11.9 Å². The third-order valence-electron chi connectivity index (χ3n) is 5.64. The van der Waals surface area contributed by atoms with E-state index in [4.69, 9.17) is 19.8 Å². The van der Waals surface area contributed by atoms with E-state index >= 15 is 0 Å². The van der Waals surface area contributed by atoms with Crippen molar-refractivity contribution in [3.63, 3.8) is 0 Å². The first kappa shape index (κ1) is 29.1. The van der Waals surface area contributed by atoms with E-state index in [1.165, 1.54) is 50.2 Å². The minimum absolute atomic E-state index is 0.822. The second kappa shape index (κ2) is 12.7. The Labute approximate surface area is 202 Å². The normalized spacial score (nSPS) is 16.7. The molecular formula is C21H27F6N5O4. The van der Waals surface area contributed by atoms with Crippen LogP contribution >= 0.6 is 0 Å². The topological polar surface area (TPSA) is 113 Å². The Bertz CT molecular complexity index is 945. The first-order valence-electron chi connectivity index (χ1n) is 11.1. The number of alkyl halides is 6. The van der Waals surface area contributed by atoms with Crippen LogP contribution in [0.5, 0.6) is 0 Å². The van der Waals surface area contributed by atoms with E-state index in [-0.39, 0.29) is 0 Å². The Kier molecular flexibility index (Phi) is 10.3. The Hall–Kier alpha value is -3.10. The number of aliphatic carboxylic acids is 2. The fraction of sp³-hybridized carbons (Fsp3) is 0.619. The molecule has 1 saturated carbocycles. The highest BCUT2D eigenvalue weighted by Gasteiger charge is 2.38. The van der Waals surface area contributed by atoms with Crippen LogP contribution in [0.1, 0.15) is 43.6 Å². The van der Waals surface area contributed by atoms with E-state index in [0.29, 0.717) is 0 Å². The number of nitrogens with zero attached hydrogens (tertiary/aromatic N) is 5. The highest BCUT2D eigenvalue weighted by atomic mass is 19.4. The van der Waals surface area contributed by atoms with Gasteiger partial charge in [0.25, 0.3) is 0 Å². The van der Waals surface area contributed by atoms with Crippen LogP contribution in [0.4, 0.5) is 26.3 Å². The molecule has 2 aromatic rings. The van der Waals surface area contributed by atoms with Crippen molar-refractivity contribution in [2.75, 3.05) is 13.1 Å². The number of aromatic nitrogens is 4. The van der Waals surface area contributed by atoms with E-state index in [1.54, 1.807) is 0 Å². The first-order chi connectivity index (χ1) is 16.8. The SMILES string of the molecule is O=C(O)C(F)(F)F.O=C(O)C(F)(F)F.c1cnn(Cc2cnc3n2CCN(CC2CCCCC2)C3)c1. The van der Waals surface area contributed by atoms with E-state index in [1.807, 2.05) is 29.3 Å². The van der Waals surface area contributed by atoms with Gasteiger partial charge in [-0.15, -0.1) is 0 Å². The Morgan fingerprint density at radius 3 is 2.06 bits per heavy atom. The van der Waals surface area contributed by atoms with E-state index in [9.17, 15) is 26.3 Å². The van der Waals surface area contributed by atoms with Crippen molar-refractivity contribution in [1.29, 1.82) is 0 Å². The van der Waals surface area contributed by atoms with Gasteiger partial charge < -0.3 is 14.8 Å². The summed E-state index contributed by atoms with van der Waals surface area (Å²) in [6, 6.07) is 1.97. The van der Waals surface area contributed by atoms with Crippen LogP contribution in [0.2, 0.25) is 0 Å². The maximum atomic E-state index is 10.6. The fourth-order valence-electron chi connectivity index (χ4n) is 3.95. The van der Waals surface area contributed by atoms with Gasteiger partial charge in [0.2, 0.25) is 0 Å². The van der Waals surface area contributed by atoms with Crippen molar-refractivity contribution < 1.29 is 46.1 Å². The molecule has 1 aliphatic carbocycles. The minimum atomic E-state index is -5.08. The van der Waals surface area contributed by atoms with Gasteiger partial charge >= 0.3 is 24.3 Å². The van der Waals surface area contributed by atoms with Gasteiger partial charge in [0.1, 0.15) is 5.82 Å². The summed E-state index contributed by atoms with van der Waals surface area (Å²) < 4.78 is 67.8. The summed E-state index contributed by atoms with van der Waals surface area (Å²) in [4.78, 5) is 25.1. The van der Waals surface area contributed by atoms with Crippen LogP contribution in [0.15, 0.2) is 24.7 Å². The third-order valence-corrected chi connectivity index (χ3v) is 5.64. The molecule has 2 aliphatic rings. The second-order valence-electron chi connectivity index (χ2n) is 8.37. The maximum absolute atomic E-state index is 10.6. The summed E-state index contributed by atoms with van der Waals surface area (Å²) in [5, 5.41) is 18.5. The van der Waals surface area contributed by atoms with E-state index in [0.717, 1.165) is 32.1 Å². The van der Waals surface area contributed by atoms with Gasteiger partial charge in [0.15, 0.2) is 0 Å². The summed E-state index contributed by atoms with van der Waals surface area (Å²) in [5.74, 6) is -3.37. The molecule has 0 radical (unpaired) electrons. The highest BCUT2D eigenvalue weighted by molar-refractivity contribution is 5.73. The highest BCUT2D eigenvalue weighted by Crippen LogP contribution is 2.26. The second-order valence-corrected chi connectivity index (χ2v) is 8.37. The predicted molar refractivity (Wildman–Crippen MR) is 113 cm³/mol. The maximum Gasteiger partial charge on any atom is 0.490 e. The minimum Gasteiger partial charge on any atom is -0.475 e. The van der Waals surface area contributed by atoms with Crippen LogP contribution < -0.4 is 0 Å². The zero-order chi connectivity index (χ0) is 26.9. The molecule has 1 aliphatic heterocycles. The average Bonchev–Trinajstić information content (AvgIpc) is 3.44. The molecule has 1 fully saturated rings. The molecule has 9 nitrogen and oxygen atoms in total. The Morgan fingerprint density at radius 2 is 1.56 bits per heavy atom. The van der Waals surface area contributed by atoms with Crippen molar-refractivity contribution in [1.82, 2.24) is 24.2 Å². The van der Waals surface area contributed by atoms with Gasteiger partial charge in [-0.2, -0.15) is 31.4 Å². The van der Waals surface area contributed by atoms with E-state index in [2.05, 4.69) is 19.5 Å². The number of carboxylic acid groups (broad SMARTS) is 2. The molecule has 2 N–H and O–H groups in total. The Balaban J connectivity index is 0.000000271. The molecule has 0 amide bonds. The molecule has 4 rings (SSSR count). The molecule has 36 heavy (non-hydrogen) atoms. The molecule has 202 valence electrons. The van der Waals surface area contributed by atoms with Crippen molar-refractivity contribution in [3.8, 4) is 0 Å². The van der Waals surface area contributed by atoms with Crippen molar-refractivity contribution in [2.45, 2.75) is 64.1 Å². The van der Waals surface area contributed by atoms with Crippen LogP contribution in [0.25, 0.3) is 0 Å². The summed E-state index contributed by atoms with van der Waals surface area (Å²) in [7, 11) is 0. The number of rotatable bonds is 4. The van der Waals surface area contributed by atoms with Crippen molar-refractivity contribution in [3.05, 3.63) is 36.2 Å². The number of halogens is 6. The summed E-state index contributed by atoms with van der Waals surface area (Å²) in [6.45, 7) is 5.32. The number of fused-ring (bicyclic) bond motifs is 1. The molecule has 0 saturated heterocycles. The molecule has 0 unspecified atom stereocenters. The van der Waals surface area contributed by atoms with Gasteiger partial charge in [-0.05, 0) is 24.8 Å². The zero-order valence-electron chi connectivity index (χ0n) is 19.2. The summed E-state index contributed by atoms with van der Waals surface area (Å²) in [5.41, 5.74) is 1.27. The number of hydrogen-bond acceptors (Lipinski definition) is 5. The summed E-state index contributed by atoms with van der Waals surface area (Å²) in [6.07, 6.45) is 2.86. The average molecular weight is 527 g/mol. The van der Waals surface area contributed by atoms with Crippen LogP contribution in [-0.2, 0) is 29.2 Å². The van der Waals surface area contributed by atoms with Gasteiger partial charge in [-0.3, -0.25) is 9.58 Å². The first-order valence-corrected chi connectivity index (χ1v) is 11.1. The lowest BCUT2D eigenvalue weighted by Gasteiger charge is -2.33. The Morgan fingerprint density at radius 1 is 0.972 bits per heavy atom. The number of hydrogen-bond donors (Lipinski definition) is 2. The van der Waals surface area contributed by atoms with Gasteiger partial charge in [-0.25, -0.2) is 14.6 Å². The van der Waals surface area contributed by atoms with E-state index < -0.39 is 24.3 Å². The van der Waals surface area contributed by atoms with Crippen molar-refractivity contribution in [2.24, 2.45) is 5.92 Å². The molecule has 2 aromatic heterocycles. The largest absolute Gasteiger partial charge is 0.490 e. The molecular weight excluding hydrogens is 500 g/mol. The lowest BCUT2D eigenvalue weighted by atomic mass is 9.89. The van der Waals surface area contributed by atoms with Gasteiger partial charge in [-0.1, -0.05) is 19.3 Å². The fourth-order valence-corrected chi connectivity index (χ4v) is 3.95. The molecule has 0 spiro atoms. The molecule has 0 atom stereocenters. The smallest absolute Gasteiger partial charge is 0.475 e. The third kappa shape index (κ3) is 9.51. The molecule has 3 heterocycles. The molecule has 15 heteroatoms.